The van der Waals surface area contributed by atoms with E-state index in [2.05, 4.69) is 25.9 Å². The fourth-order valence-electron chi connectivity index (χ4n) is 2.50. The number of benzene rings is 2. The first-order valence-electron chi connectivity index (χ1n) is 8.37. The largest absolute Gasteiger partial charge is 0.395 e. The topological polar surface area (TPSA) is 69.2 Å². The van der Waals surface area contributed by atoms with Crippen LogP contribution < -0.4 is 0 Å². The van der Waals surface area contributed by atoms with Gasteiger partial charge in [-0.2, -0.15) is 0 Å². The number of aromatic amines is 1. The Balaban J connectivity index is 1.94. The van der Waals surface area contributed by atoms with E-state index in [4.69, 9.17) is 11.6 Å². The average molecular weight is 487 g/mol. The van der Waals surface area contributed by atoms with E-state index in [0.717, 1.165) is 0 Å². The Kier molecular flexibility index (Phi) is 6.67. The number of imidazole rings is 1. The summed E-state index contributed by atoms with van der Waals surface area (Å²) in [6.45, 7) is 1.65. The number of nitrogens with one attached hydrogen (secondary N) is 1. The lowest BCUT2D eigenvalue weighted by Gasteiger charge is -2.22. The molecule has 3 rings (SSSR count). The van der Waals surface area contributed by atoms with E-state index in [0.29, 0.717) is 37.0 Å². The van der Waals surface area contributed by atoms with Gasteiger partial charge in [-0.3, -0.25) is 0 Å². The Bertz CT molecular complexity index is 1030. The van der Waals surface area contributed by atoms with Gasteiger partial charge in [-0.15, -0.1) is 0 Å². The minimum Gasteiger partial charge on any atom is -0.395 e. The number of rotatable bonds is 6. The molecule has 0 saturated carbocycles. The fourth-order valence-corrected chi connectivity index (χ4v) is 4.22. The molecule has 2 N–H and O–H groups in total. The zero-order chi connectivity index (χ0) is 20.4. The molecule has 0 amide bonds. The minimum atomic E-state index is -1.54. The van der Waals surface area contributed by atoms with E-state index in [1.165, 1.54) is 6.07 Å². The second-order valence-corrected chi connectivity index (χ2v) is 9.02. The van der Waals surface area contributed by atoms with Crippen LogP contribution in [0.5, 0.6) is 0 Å². The third kappa shape index (κ3) is 4.36. The number of hydrogen-bond donors (Lipinski definition) is 2. The van der Waals surface area contributed by atoms with Crippen molar-refractivity contribution in [3.8, 4) is 22.6 Å². The van der Waals surface area contributed by atoms with Crippen molar-refractivity contribution >= 4 is 38.5 Å². The van der Waals surface area contributed by atoms with Crippen molar-refractivity contribution < 1.29 is 13.7 Å². The van der Waals surface area contributed by atoms with Crippen LogP contribution in [0.4, 0.5) is 4.39 Å². The summed E-state index contributed by atoms with van der Waals surface area (Å²) in [5.41, 5.74) is 2.01. The van der Waals surface area contributed by atoms with E-state index in [-0.39, 0.29) is 18.5 Å². The summed E-state index contributed by atoms with van der Waals surface area (Å²) in [5.74, 6) is 0.185. The Morgan fingerprint density at radius 3 is 2.71 bits per heavy atom. The van der Waals surface area contributed by atoms with Crippen LogP contribution in [0.15, 0.2) is 52.0 Å². The van der Waals surface area contributed by atoms with Crippen molar-refractivity contribution in [3.05, 3.63) is 57.9 Å². The molecule has 148 valence electrons. The predicted octanol–water partition coefficient (Wildman–Crippen LogP) is 4.63. The van der Waals surface area contributed by atoms with Crippen LogP contribution in [0.3, 0.4) is 0 Å². The van der Waals surface area contributed by atoms with E-state index < -0.39 is 11.0 Å². The highest BCUT2D eigenvalue weighted by molar-refractivity contribution is 9.10. The summed E-state index contributed by atoms with van der Waals surface area (Å²) in [4.78, 5) is 7.93. The van der Waals surface area contributed by atoms with Crippen LogP contribution in [0.1, 0.15) is 6.92 Å². The molecule has 0 spiro atoms. The van der Waals surface area contributed by atoms with Gasteiger partial charge in [0.15, 0.2) is 0 Å². The van der Waals surface area contributed by atoms with Gasteiger partial charge in [-0.1, -0.05) is 17.7 Å². The van der Waals surface area contributed by atoms with Gasteiger partial charge in [0.05, 0.1) is 32.9 Å². The number of aromatic nitrogens is 2. The highest BCUT2D eigenvalue weighted by Crippen LogP contribution is 2.29. The van der Waals surface area contributed by atoms with Gasteiger partial charge < -0.3 is 10.1 Å². The van der Waals surface area contributed by atoms with Crippen molar-refractivity contribution in [2.75, 3.05) is 13.7 Å². The molecule has 9 heteroatoms. The first-order chi connectivity index (χ1) is 13.3. The number of halogens is 3. The van der Waals surface area contributed by atoms with E-state index in [1.807, 2.05) is 0 Å². The maximum Gasteiger partial charge on any atom is 0.138 e. The molecular weight excluding hydrogens is 469 g/mol. The molecule has 0 radical (unpaired) electrons. The first kappa shape index (κ1) is 21.1. The van der Waals surface area contributed by atoms with Crippen molar-refractivity contribution in [1.29, 1.82) is 0 Å². The van der Waals surface area contributed by atoms with Gasteiger partial charge >= 0.3 is 0 Å². The summed E-state index contributed by atoms with van der Waals surface area (Å²) < 4.78 is 28.5. The number of likely N-dealkylation sites (N-methyl/N-ethyl adjacent to an activating group) is 1. The van der Waals surface area contributed by atoms with E-state index >= 15 is 0 Å². The zero-order valence-electron chi connectivity index (χ0n) is 15.1. The monoisotopic (exact) mass is 485 g/mol. The molecule has 5 nitrogen and oxygen atoms in total. The maximum atomic E-state index is 13.8. The molecule has 2 atom stereocenters. The smallest absolute Gasteiger partial charge is 0.138 e. The lowest BCUT2D eigenvalue weighted by molar-refractivity contribution is 0.218. The van der Waals surface area contributed by atoms with Crippen LogP contribution in [-0.4, -0.2) is 43.3 Å². The number of nitrogens with zero attached hydrogens (tertiary/aromatic N) is 2. The third-order valence-electron chi connectivity index (χ3n) is 4.35. The van der Waals surface area contributed by atoms with Crippen molar-refractivity contribution in [1.82, 2.24) is 14.3 Å². The molecular formula is C19H18BrClFN3O2S. The number of hydrogen-bond acceptors (Lipinski definition) is 3. The van der Waals surface area contributed by atoms with Crippen LogP contribution in [0.25, 0.3) is 22.6 Å². The summed E-state index contributed by atoms with van der Waals surface area (Å²) >= 11 is 9.38. The Morgan fingerprint density at radius 1 is 1.32 bits per heavy atom. The highest BCUT2D eigenvalue weighted by atomic mass is 79.9. The second kappa shape index (κ2) is 8.84. The Morgan fingerprint density at radius 2 is 2.04 bits per heavy atom. The minimum absolute atomic E-state index is 0.120. The third-order valence-corrected chi connectivity index (χ3v) is 7.03. The molecule has 2 aromatic carbocycles. The van der Waals surface area contributed by atoms with Gasteiger partial charge in [0.2, 0.25) is 0 Å². The van der Waals surface area contributed by atoms with Crippen LogP contribution >= 0.6 is 27.5 Å². The predicted molar refractivity (Wildman–Crippen MR) is 113 cm³/mol. The SMILES string of the molecule is CC(CO)N(C)S(=O)c1cc(-c2ncc(-c3ccc(Br)c(F)c3)[nH]2)ccc1Cl. The van der Waals surface area contributed by atoms with Gasteiger partial charge in [0.25, 0.3) is 0 Å². The number of aliphatic hydroxyl groups excluding tert-OH is 1. The van der Waals surface area contributed by atoms with E-state index in [9.17, 15) is 13.7 Å². The van der Waals surface area contributed by atoms with Gasteiger partial charge in [-0.05, 0) is 53.2 Å². The standard InChI is InChI=1S/C19H18BrClFN3O2S/c1-11(10-26)25(2)28(27)18-8-13(4-6-15(18)21)19-23-9-17(24-19)12-3-5-14(20)16(22)7-12/h3-9,11,26H,10H2,1-2H3,(H,23,24). The fraction of sp³-hybridized carbons (Fsp3) is 0.211. The maximum absolute atomic E-state index is 13.8. The molecule has 28 heavy (non-hydrogen) atoms. The molecule has 0 bridgehead atoms. The van der Waals surface area contributed by atoms with Crippen LogP contribution in [0.2, 0.25) is 5.02 Å². The lowest BCUT2D eigenvalue weighted by atomic mass is 10.2. The molecule has 3 aromatic rings. The Labute approximate surface area is 178 Å². The van der Waals surface area contributed by atoms with Crippen molar-refractivity contribution in [2.45, 2.75) is 17.9 Å². The lowest BCUT2D eigenvalue weighted by Crippen LogP contribution is -2.33. The van der Waals surface area contributed by atoms with Gasteiger partial charge in [0.1, 0.15) is 22.6 Å². The van der Waals surface area contributed by atoms with E-state index in [1.54, 1.807) is 54.8 Å². The van der Waals surface area contributed by atoms with Crippen LogP contribution in [0, 0.1) is 5.82 Å². The van der Waals surface area contributed by atoms with Crippen molar-refractivity contribution in [3.63, 3.8) is 0 Å². The van der Waals surface area contributed by atoms with Crippen molar-refractivity contribution in [2.24, 2.45) is 0 Å². The molecule has 0 aliphatic rings. The van der Waals surface area contributed by atoms with Gasteiger partial charge in [0, 0.05) is 24.2 Å². The molecule has 2 unspecified atom stereocenters. The molecule has 0 aliphatic carbocycles. The summed E-state index contributed by atoms with van der Waals surface area (Å²) in [7, 11) is 0.116. The van der Waals surface area contributed by atoms with Gasteiger partial charge in [-0.25, -0.2) is 17.9 Å². The normalized spacial score (nSPS) is 13.7. The summed E-state index contributed by atoms with van der Waals surface area (Å²) in [5, 5.41) is 9.66. The molecule has 1 aromatic heterocycles. The molecule has 1 heterocycles. The summed E-state index contributed by atoms with van der Waals surface area (Å²) in [6, 6.07) is 9.65. The number of H-pyrrole nitrogens is 1. The highest BCUT2D eigenvalue weighted by Gasteiger charge is 2.20. The summed E-state index contributed by atoms with van der Waals surface area (Å²) in [6.07, 6.45) is 1.61. The first-order valence-corrected chi connectivity index (χ1v) is 10.7. The molecule has 0 saturated heterocycles. The molecule has 0 aliphatic heterocycles. The quantitative estimate of drug-likeness (QED) is 0.533. The zero-order valence-corrected chi connectivity index (χ0v) is 18.3. The Hall–Kier alpha value is -1.58. The van der Waals surface area contributed by atoms with Crippen LogP contribution in [-0.2, 0) is 11.0 Å². The molecule has 0 fully saturated rings. The number of aliphatic hydroxyl groups is 1. The average Bonchev–Trinajstić information content (AvgIpc) is 3.19. The second-order valence-electron chi connectivity index (χ2n) is 6.25.